The highest BCUT2D eigenvalue weighted by Crippen LogP contribution is 2.23. The fraction of sp³-hybridized carbons (Fsp3) is 0.412. The lowest BCUT2D eigenvalue weighted by Crippen LogP contribution is -2.42. The van der Waals surface area contributed by atoms with E-state index < -0.39 is 5.63 Å². The molecule has 1 aromatic heterocycles. The van der Waals surface area contributed by atoms with Crippen molar-refractivity contribution < 1.29 is 9.21 Å². The fourth-order valence-corrected chi connectivity index (χ4v) is 3.22. The van der Waals surface area contributed by atoms with Crippen LogP contribution in [0, 0.1) is 11.8 Å². The Balaban J connectivity index is 1.96. The maximum Gasteiger partial charge on any atom is 0.344 e. The number of hydrogen-bond acceptors (Lipinski definition) is 3. The van der Waals surface area contributed by atoms with Crippen LogP contribution >= 0.6 is 0 Å². The lowest BCUT2D eigenvalue weighted by molar-refractivity contribution is 0.0587. The highest BCUT2D eigenvalue weighted by atomic mass is 16.4. The summed E-state index contributed by atoms with van der Waals surface area (Å²) in [5.74, 6) is 0.908. The van der Waals surface area contributed by atoms with Gasteiger partial charge in [-0.15, -0.1) is 0 Å². The van der Waals surface area contributed by atoms with Crippen molar-refractivity contribution in [2.75, 3.05) is 13.1 Å². The summed E-state index contributed by atoms with van der Waals surface area (Å²) < 4.78 is 5.23. The average molecular weight is 285 g/mol. The predicted molar refractivity (Wildman–Crippen MR) is 81.3 cm³/mol. The molecule has 1 saturated heterocycles. The Labute approximate surface area is 123 Å². The molecule has 1 aliphatic rings. The van der Waals surface area contributed by atoms with Gasteiger partial charge < -0.3 is 9.32 Å². The van der Waals surface area contributed by atoms with Gasteiger partial charge in [0.05, 0.1) is 5.39 Å². The molecule has 1 aromatic carbocycles. The standard InChI is InChI=1S/C17H19NO3/c1-11-7-12(2)10-18(9-11)16(19)15-8-13-5-3-4-6-14(13)17(20)21-15/h3-6,8,11-12H,7,9-10H2,1-2H3/t11-,12+. The van der Waals surface area contributed by atoms with Gasteiger partial charge in [0.2, 0.25) is 0 Å². The van der Waals surface area contributed by atoms with Crippen LogP contribution in [0.1, 0.15) is 30.8 Å². The van der Waals surface area contributed by atoms with Gasteiger partial charge in [-0.1, -0.05) is 32.0 Å². The van der Waals surface area contributed by atoms with Gasteiger partial charge in [-0.3, -0.25) is 4.79 Å². The Kier molecular flexibility index (Phi) is 3.53. The van der Waals surface area contributed by atoms with Gasteiger partial charge >= 0.3 is 5.63 Å². The lowest BCUT2D eigenvalue weighted by Gasteiger charge is -2.34. The first kappa shape index (κ1) is 13.9. The summed E-state index contributed by atoms with van der Waals surface area (Å²) in [4.78, 5) is 26.4. The molecule has 2 atom stereocenters. The first-order chi connectivity index (χ1) is 10.0. The molecule has 4 nitrogen and oxygen atoms in total. The van der Waals surface area contributed by atoms with E-state index in [1.54, 1.807) is 23.1 Å². The van der Waals surface area contributed by atoms with Crippen molar-refractivity contribution in [3.8, 4) is 0 Å². The van der Waals surface area contributed by atoms with Gasteiger partial charge in [-0.05, 0) is 35.8 Å². The number of fused-ring (bicyclic) bond motifs is 1. The topological polar surface area (TPSA) is 50.5 Å². The molecule has 0 spiro atoms. The molecular weight excluding hydrogens is 266 g/mol. The molecule has 0 radical (unpaired) electrons. The minimum atomic E-state index is -0.449. The highest BCUT2D eigenvalue weighted by Gasteiger charge is 2.27. The molecule has 0 aliphatic carbocycles. The maximum absolute atomic E-state index is 12.6. The summed E-state index contributed by atoms with van der Waals surface area (Å²) in [6.07, 6.45) is 1.13. The van der Waals surface area contributed by atoms with Gasteiger partial charge in [0.1, 0.15) is 0 Å². The van der Waals surface area contributed by atoms with Crippen molar-refractivity contribution in [2.45, 2.75) is 20.3 Å². The van der Waals surface area contributed by atoms with Crippen LogP contribution in [0.25, 0.3) is 10.8 Å². The van der Waals surface area contributed by atoms with E-state index in [4.69, 9.17) is 4.42 Å². The first-order valence-electron chi connectivity index (χ1n) is 7.36. The minimum Gasteiger partial charge on any atom is -0.417 e. The molecule has 2 aromatic rings. The van der Waals surface area contributed by atoms with Crippen LogP contribution in [-0.2, 0) is 0 Å². The Hall–Kier alpha value is -2.10. The Bertz CT molecular complexity index is 724. The summed E-state index contributed by atoms with van der Waals surface area (Å²) in [7, 11) is 0. The molecule has 110 valence electrons. The molecule has 2 heterocycles. The molecule has 0 unspecified atom stereocenters. The predicted octanol–water partition coefficient (Wildman–Crippen LogP) is 2.91. The van der Waals surface area contributed by atoms with Crippen LogP contribution in [0.3, 0.4) is 0 Å². The largest absolute Gasteiger partial charge is 0.417 e. The fourth-order valence-electron chi connectivity index (χ4n) is 3.22. The van der Waals surface area contributed by atoms with Gasteiger partial charge in [0.25, 0.3) is 5.91 Å². The highest BCUT2D eigenvalue weighted by molar-refractivity contribution is 5.95. The molecule has 0 N–H and O–H groups in total. The molecule has 4 heteroatoms. The second-order valence-corrected chi connectivity index (χ2v) is 6.14. The van der Waals surface area contributed by atoms with Crippen LogP contribution < -0.4 is 5.63 Å². The van der Waals surface area contributed by atoms with Crippen molar-refractivity contribution in [3.05, 3.63) is 46.5 Å². The van der Waals surface area contributed by atoms with E-state index in [1.807, 2.05) is 12.1 Å². The van der Waals surface area contributed by atoms with E-state index >= 15 is 0 Å². The van der Waals surface area contributed by atoms with Crippen molar-refractivity contribution in [1.29, 1.82) is 0 Å². The zero-order valence-electron chi connectivity index (χ0n) is 12.3. The van der Waals surface area contributed by atoms with Gasteiger partial charge in [-0.25, -0.2) is 4.79 Å². The summed E-state index contributed by atoms with van der Waals surface area (Å²) in [6.45, 7) is 5.73. The number of nitrogens with zero attached hydrogens (tertiary/aromatic N) is 1. The van der Waals surface area contributed by atoms with Gasteiger partial charge in [0, 0.05) is 13.1 Å². The summed E-state index contributed by atoms with van der Waals surface area (Å²) >= 11 is 0. The Morgan fingerprint density at radius 2 is 1.86 bits per heavy atom. The Morgan fingerprint density at radius 1 is 1.19 bits per heavy atom. The van der Waals surface area contributed by atoms with Crippen molar-refractivity contribution in [3.63, 3.8) is 0 Å². The smallest absolute Gasteiger partial charge is 0.344 e. The van der Waals surface area contributed by atoms with E-state index in [2.05, 4.69) is 13.8 Å². The zero-order chi connectivity index (χ0) is 15.0. The molecule has 1 fully saturated rings. The van der Waals surface area contributed by atoms with E-state index in [1.165, 1.54) is 0 Å². The second kappa shape index (κ2) is 5.35. The molecular formula is C17H19NO3. The normalized spacial score (nSPS) is 22.5. The second-order valence-electron chi connectivity index (χ2n) is 6.14. The van der Waals surface area contributed by atoms with Crippen LogP contribution in [0.2, 0.25) is 0 Å². The molecule has 0 bridgehead atoms. The number of piperidine rings is 1. The third-order valence-corrected chi connectivity index (χ3v) is 4.04. The molecule has 21 heavy (non-hydrogen) atoms. The summed E-state index contributed by atoms with van der Waals surface area (Å²) in [5.41, 5.74) is -0.449. The van der Waals surface area contributed by atoms with E-state index in [9.17, 15) is 9.59 Å². The first-order valence-corrected chi connectivity index (χ1v) is 7.36. The lowest BCUT2D eigenvalue weighted by atomic mass is 9.92. The SMILES string of the molecule is C[C@@H]1C[C@H](C)CN(C(=O)c2cc3ccccc3c(=O)o2)C1. The number of likely N-dealkylation sites (tertiary alicyclic amines) is 1. The monoisotopic (exact) mass is 285 g/mol. The van der Waals surface area contributed by atoms with Gasteiger partial charge in [-0.2, -0.15) is 0 Å². The van der Waals surface area contributed by atoms with Crippen LogP contribution in [-0.4, -0.2) is 23.9 Å². The van der Waals surface area contributed by atoms with E-state index in [0.29, 0.717) is 17.2 Å². The number of carbonyl (C=O) groups is 1. The average Bonchev–Trinajstić information content (AvgIpc) is 2.45. The quantitative estimate of drug-likeness (QED) is 0.809. The number of hydrogen-bond donors (Lipinski definition) is 0. The third kappa shape index (κ3) is 2.71. The maximum atomic E-state index is 12.6. The molecule has 3 rings (SSSR count). The van der Waals surface area contributed by atoms with E-state index in [0.717, 1.165) is 24.9 Å². The number of rotatable bonds is 1. The molecule has 1 aliphatic heterocycles. The number of amides is 1. The van der Waals surface area contributed by atoms with Crippen molar-refractivity contribution >= 4 is 16.7 Å². The zero-order valence-corrected chi connectivity index (χ0v) is 12.3. The van der Waals surface area contributed by atoms with Crippen molar-refractivity contribution in [2.24, 2.45) is 11.8 Å². The number of carbonyl (C=O) groups excluding carboxylic acids is 1. The summed E-state index contributed by atoms with van der Waals surface area (Å²) in [5, 5.41) is 1.25. The Morgan fingerprint density at radius 3 is 2.57 bits per heavy atom. The van der Waals surface area contributed by atoms with Gasteiger partial charge in [0.15, 0.2) is 5.76 Å². The number of benzene rings is 1. The van der Waals surface area contributed by atoms with Crippen LogP contribution in [0.5, 0.6) is 0 Å². The molecule has 0 saturated carbocycles. The van der Waals surface area contributed by atoms with Crippen molar-refractivity contribution in [1.82, 2.24) is 4.90 Å². The molecule has 1 amide bonds. The van der Waals surface area contributed by atoms with E-state index in [-0.39, 0.29) is 11.7 Å². The summed E-state index contributed by atoms with van der Waals surface area (Å²) in [6, 6.07) is 8.84. The minimum absolute atomic E-state index is 0.139. The van der Waals surface area contributed by atoms with Crippen LogP contribution in [0.4, 0.5) is 0 Å². The van der Waals surface area contributed by atoms with Crippen LogP contribution in [0.15, 0.2) is 39.5 Å². The third-order valence-electron chi connectivity index (χ3n) is 4.04.